The summed E-state index contributed by atoms with van der Waals surface area (Å²) < 4.78 is 0. The van der Waals surface area contributed by atoms with Crippen LogP contribution in [0, 0.1) is 23.7 Å². The highest BCUT2D eigenvalue weighted by molar-refractivity contribution is 5.92. The van der Waals surface area contributed by atoms with Gasteiger partial charge < -0.3 is 21.3 Å². The quantitative estimate of drug-likeness (QED) is 0.637. The van der Waals surface area contributed by atoms with E-state index in [1.807, 2.05) is 20.8 Å². The fraction of sp³-hybridized carbons (Fsp3) is 0.688. The van der Waals surface area contributed by atoms with Gasteiger partial charge in [-0.3, -0.25) is 9.59 Å². The number of hydrogen-bond donors (Lipinski definition) is 3. The molecule has 7 nitrogen and oxygen atoms in total. The summed E-state index contributed by atoms with van der Waals surface area (Å²) in [6.07, 6.45) is 6.45. The highest BCUT2D eigenvalue weighted by Gasteiger charge is 2.45. The van der Waals surface area contributed by atoms with Crippen molar-refractivity contribution in [3.8, 4) is 12.3 Å². The third-order valence-corrected chi connectivity index (χ3v) is 4.10. The summed E-state index contributed by atoms with van der Waals surface area (Å²) in [5.41, 5.74) is 4.66. The maximum absolute atomic E-state index is 12.9. The highest BCUT2D eigenvalue weighted by atomic mass is 16.2. The first-order chi connectivity index (χ1) is 10.6. The van der Waals surface area contributed by atoms with E-state index in [0.717, 1.165) is 0 Å². The minimum absolute atomic E-state index is 0.0851. The summed E-state index contributed by atoms with van der Waals surface area (Å²) in [7, 11) is 1.53. The number of carbonyl (C=O) groups excluding carboxylic acids is 3. The summed E-state index contributed by atoms with van der Waals surface area (Å²) >= 11 is 0. The molecule has 0 aliphatic carbocycles. The number of rotatable bonds is 4. The first-order valence-electron chi connectivity index (χ1n) is 7.65. The number of hydrogen-bond acceptors (Lipinski definition) is 3. The predicted octanol–water partition coefficient (Wildman–Crippen LogP) is 0.0558. The number of likely N-dealkylation sites (tertiary alicyclic amines) is 1. The normalized spacial score (nSPS) is 22.1. The Morgan fingerprint density at radius 1 is 1.39 bits per heavy atom. The zero-order valence-corrected chi connectivity index (χ0v) is 14.2. The second-order valence-electron chi connectivity index (χ2n) is 6.86. The van der Waals surface area contributed by atoms with E-state index in [2.05, 4.69) is 16.6 Å². The Bertz CT molecular complexity index is 518. The monoisotopic (exact) mass is 322 g/mol. The van der Waals surface area contributed by atoms with Gasteiger partial charge in [-0.1, -0.05) is 20.8 Å². The molecule has 4 amide bonds. The van der Waals surface area contributed by atoms with Crippen molar-refractivity contribution in [1.29, 1.82) is 0 Å². The molecule has 1 aliphatic rings. The van der Waals surface area contributed by atoms with E-state index in [-0.39, 0.29) is 17.7 Å². The number of terminal acetylenes is 1. The van der Waals surface area contributed by atoms with Crippen molar-refractivity contribution in [2.75, 3.05) is 13.6 Å². The second-order valence-corrected chi connectivity index (χ2v) is 6.86. The van der Waals surface area contributed by atoms with Crippen molar-refractivity contribution in [2.24, 2.45) is 17.1 Å². The molecule has 3 atom stereocenters. The maximum Gasteiger partial charge on any atom is 0.312 e. The third-order valence-electron chi connectivity index (χ3n) is 4.10. The van der Waals surface area contributed by atoms with Crippen LogP contribution in [0.5, 0.6) is 0 Å². The second kappa shape index (κ2) is 7.36. The number of carbonyl (C=O) groups is 3. The Hall–Kier alpha value is -2.23. The molecule has 7 heteroatoms. The van der Waals surface area contributed by atoms with Crippen LogP contribution in [-0.4, -0.2) is 48.4 Å². The van der Waals surface area contributed by atoms with Crippen LogP contribution in [0.4, 0.5) is 4.79 Å². The van der Waals surface area contributed by atoms with Gasteiger partial charge in [0.05, 0.1) is 0 Å². The molecule has 4 N–H and O–H groups in total. The molecular weight excluding hydrogens is 296 g/mol. The van der Waals surface area contributed by atoms with E-state index >= 15 is 0 Å². The molecule has 128 valence electrons. The van der Waals surface area contributed by atoms with E-state index in [0.29, 0.717) is 19.4 Å². The fourth-order valence-electron chi connectivity index (χ4n) is 2.93. The molecule has 0 aromatic rings. The molecule has 0 aromatic carbocycles. The molecule has 23 heavy (non-hydrogen) atoms. The zero-order chi connectivity index (χ0) is 17.8. The Labute approximate surface area is 137 Å². The van der Waals surface area contributed by atoms with E-state index < -0.39 is 23.5 Å². The van der Waals surface area contributed by atoms with E-state index in [9.17, 15) is 14.4 Å². The first-order valence-corrected chi connectivity index (χ1v) is 7.65. The van der Waals surface area contributed by atoms with Gasteiger partial charge in [-0.05, 0) is 11.8 Å². The van der Waals surface area contributed by atoms with Crippen molar-refractivity contribution in [1.82, 2.24) is 15.5 Å². The number of urea groups is 1. The van der Waals surface area contributed by atoms with Crippen LogP contribution in [0.2, 0.25) is 0 Å². The van der Waals surface area contributed by atoms with Gasteiger partial charge in [0.15, 0.2) is 0 Å². The van der Waals surface area contributed by atoms with Gasteiger partial charge in [0.1, 0.15) is 12.1 Å². The van der Waals surface area contributed by atoms with Crippen LogP contribution in [0.15, 0.2) is 0 Å². The topological polar surface area (TPSA) is 105 Å². The van der Waals surface area contributed by atoms with Gasteiger partial charge in [0.2, 0.25) is 11.8 Å². The summed E-state index contributed by atoms with van der Waals surface area (Å²) in [4.78, 5) is 37.9. The van der Waals surface area contributed by atoms with Crippen LogP contribution in [0.25, 0.3) is 0 Å². The first kappa shape index (κ1) is 18.8. The van der Waals surface area contributed by atoms with Crippen LogP contribution >= 0.6 is 0 Å². The smallest absolute Gasteiger partial charge is 0.312 e. The third kappa shape index (κ3) is 4.38. The molecule has 1 aliphatic heterocycles. The molecule has 0 aromatic heterocycles. The molecule has 0 saturated carbocycles. The van der Waals surface area contributed by atoms with Crippen molar-refractivity contribution in [3.05, 3.63) is 0 Å². The lowest BCUT2D eigenvalue weighted by Crippen LogP contribution is -2.59. The number of primary amides is 1. The van der Waals surface area contributed by atoms with Gasteiger partial charge in [-0.15, -0.1) is 12.3 Å². The molecule has 0 spiro atoms. The molecular formula is C16H26N4O3. The minimum atomic E-state index is -0.809. The number of nitrogens with zero attached hydrogens (tertiary/aromatic N) is 1. The molecule has 1 saturated heterocycles. The lowest BCUT2D eigenvalue weighted by molar-refractivity contribution is -0.142. The fourth-order valence-corrected chi connectivity index (χ4v) is 2.93. The van der Waals surface area contributed by atoms with Crippen molar-refractivity contribution >= 4 is 17.8 Å². The van der Waals surface area contributed by atoms with Crippen LogP contribution < -0.4 is 16.4 Å². The number of nitrogens with two attached hydrogens (primary N) is 1. The standard InChI is InChI=1S/C16H26N4O3/c1-6-7-10-8-9-20(11(10)13(21)18-5)14(22)12(16(2,3)4)19-15(17)23/h1,10-12H,7-9H2,2-5H3,(H,18,21)(H3,17,19,23)/t10-,11-,12+/m0/s1. The predicted molar refractivity (Wildman–Crippen MR) is 87.1 cm³/mol. The van der Waals surface area contributed by atoms with Gasteiger partial charge in [0, 0.05) is 25.9 Å². The number of nitrogens with one attached hydrogen (secondary N) is 2. The summed E-state index contributed by atoms with van der Waals surface area (Å²) in [5.74, 6) is 1.91. The maximum atomic E-state index is 12.9. The Morgan fingerprint density at radius 3 is 2.43 bits per heavy atom. The average molecular weight is 322 g/mol. The molecule has 1 rings (SSSR count). The van der Waals surface area contributed by atoms with Gasteiger partial charge in [-0.2, -0.15) is 0 Å². The number of amides is 4. The minimum Gasteiger partial charge on any atom is -0.357 e. The van der Waals surface area contributed by atoms with Gasteiger partial charge in [0.25, 0.3) is 0 Å². The SMILES string of the molecule is C#CC[C@H]1CCN(C(=O)[C@@H](NC(N)=O)C(C)(C)C)[C@@H]1C(=O)NC. The van der Waals surface area contributed by atoms with Crippen molar-refractivity contribution in [2.45, 2.75) is 45.7 Å². The Balaban J connectivity index is 3.09. The molecule has 0 radical (unpaired) electrons. The summed E-state index contributed by atoms with van der Waals surface area (Å²) in [5, 5.41) is 5.08. The molecule has 1 heterocycles. The van der Waals surface area contributed by atoms with Crippen LogP contribution in [0.3, 0.4) is 0 Å². The summed E-state index contributed by atoms with van der Waals surface area (Å²) in [6, 6.07) is -2.20. The van der Waals surface area contributed by atoms with E-state index in [4.69, 9.17) is 12.2 Å². The Morgan fingerprint density at radius 2 is 2.00 bits per heavy atom. The summed E-state index contributed by atoms with van der Waals surface area (Å²) in [6.45, 7) is 5.91. The average Bonchev–Trinajstić information content (AvgIpc) is 2.86. The molecule has 0 unspecified atom stereocenters. The molecule has 1 fully saturated rings. The van der Waals surface area contributed by atoms with Crippen LogP contribution in [-0.2, 0) is 9.59 Å². The van der Waals surface area contributed by atoms with E-state index in [1.54, 1.807) is 0 Å². The lowest BCUT2D eigenvalue weighted by Gasteiger charge is -2.35. The zero-order valence-electron chi connectivity index (χ0n) is 14.2. The highest BCUT2D eigenvalue weighted by Crippen LogP contribution is 2.30. The molecule has 0 bridgehead atoms. The van der Waals surface area contributed by atoms with Gasteiger partial charge in [-0.25, -0.2) is 4.79 Å². The van der Waals surface area contributed by atoms with Crippen molar-refractivity contribution in [3.63, 3.8) is 0 Å². The Kier molecular flexibility index (Phi) is 6.02. The van der Waals surface area contributed by atoms with Gasteiger partial charge >= 0.3 is 6.03 Å². The van der Waals surface area contributed by atoms with Crippen molar-refractivity contribution < 1.29 is 14.4 Å². The lowest BCUT2D eigenvalue weighted by atomic mass is 9.85. The number of likely N-dealkylation sites (N-methyl/N-ethyl adjacent to an activating group) is 1. The largest absolute Gasteiger partial charge is 0.357 e. The van der Waals surface area contributed by atoms with Crippen LogP contribution in [0.1, 0.15) is 33.6 Å². The van der Waals surface area contributed by atoms with E-state index in [1.165, 1.54) is 11.9 Å².